The molecule has 0 aliphatic rings. The molecule has 0 bridgehead atoms. The fraction of sp³-hybridized carbons (Fsp3) is 0.375. The van der Waals surface area contributed by atoms with E-state index in [1.54, 1.807) is 35.5 Å². The number of fused-ring (bicyclic) bond motifs is 1. The van der Waals surface area contributed by atoms with Crippen molar-refractivity contribution in [3.05, 3.63) is 70.9 Å². The van der Waals surface area contributed by atoms with Gasteiger partial charge in [0.1, 0.15) is 12.1 Å². The molecule has 1 aromatic carbocycles. The maximum atomic E-state index is 12.6. The van der Waals surface area contributed by atoms with Crippen LogP contribution in [-0.4, -0.2) is 50.1 Å². The minimum absolute atomic E-state index is 0.104. The van der Waals surface area contributed by atoms with Crippen LogP contribution in [0.3, 0.4) is 0 Å². The van der Waals surface area contributed by atoms with Gasteiger partial charge in [0.15, 0.2) is 0 Å². The van der Waals surface area contributed by atoms with Crippen LogP contribution in [0, 0.1) is 0 Å². The molecule has 0 atom stereocenters. The molecule has 0 saturated carbocycles. The molecule has 0 radical (unpaired) electrons. The van der Waals surface area contributed by atoms with E-state index in [1.807, 2.05) is 39.0 Å². The number of nitrogens with zero attached hydrogens (tertiary/aromatic N) is 4. The molecule has 0 fully saturated rings. The molecular weight excluding hydrogens is 422 g/mol. The Balaban J connectivity index is 1.56. The fourth-order valence-electron chi connectivity index (χ4n) is 3.25. The van der Waals surface area contributed by atoms with Gasteiger partial charge in [0.25, 0.3) is 5.56 Å². The average Bonchev–Trinajstić information content (AvgIpc) is 2.77. The van der Waals surface area contributed by atoms with Crippen molar-refractivity contribution in [2.75, 3.05) is 13.1 Å². The van der Waals surface area contributed by atoms with Gasteiger partial charge in [-0.1, -0.05) is 18.2 Å². The third-order valence-electron chi connectivity index (χ3n) is 4.73. The lowest BCUT2D eigenvalue weighted by molar-refractivity contribution is -0.121. The summed E-state index contributed by atoms with van der Waals surface area (Å²) in [5.41, 5.74) is 1.19. The summed E-state index contributed by atoms with van der Waals surface area (Å²) < 4.78 is 6.91. The first kappa shape index (κ1) is 23.9. The molecule has 2 aromatic heterocycles. The molecule has 0 spiro atoms. The van der Waals surface area contributed by atoms with E-state index in [2.05, 4.69) is 15.3 Å². The van der Waals surface area contributed by atoms with Crippen molar-refractivity contribution in [2.45, 2.75) is 45.9 Å². The van der Waals surface area contributed by atoms with Crippen molar-refractivity contribution in [1.29, 1.82) is 0 Å². The van der Waals surface area contributed by atoms with E-state index in [0.29, 0.717) is 37.1 Å². The van der Waals surface area contributed by atoms with Gasteiger partial charge < -0.3 is 15.0 Å². The second-order valence-electron chi connectivity index (χ2n) is 8.64. The van der Waals surface area contributed by atoms with Crippen molar-refractivity contribution in [3.8, 4) is 0 Å². The Hall–Kier alpha value is -3.75. The number of carbonyl (C=O) groups excluding carboxylic acids is 2. The third kappa shape index (κ3) is 7.13. The van der Waals surface area contributed by atoms with Gasteiger partial charge in [-0.15, -0.1) is 0 Å². The third-order valence-corrected chi connectivity index (χ3v) is 4.73. The van der Waals surface area contributed by atoms with Crippen molar-refractivity contribution in [2.24, 2.45) is 0 Å². The van der Waals surface area contributed by atoms with Gasteiger partial charge in [0.2, 0.25) is 5.91 Å². The maximum absolute atomic E-state index is 12.6. The summed E-state index contributed by atoms with van der Waals surface area (Å²) >= 11 is 0. The molecule has 0 saturated heterocycles. The standard InChI is InChI=1S/C24H29N5O4/c1-24(2,3)33-23(32)28(16-18-8-6-11-25-14-18)13-7-12-26-21(30)17-29-20-10-5-4-9-19(20)27-15-22(29)31/h4-6,8-11,14-15H,7,12-13,16-17H2,1-3H3,(H,26,30). The van der Waals surface area contributed by atoms with Crippen LogP contribution in [0.15, 0.2) is 59.8 Å². The number of amides is 2. The molecule has 2 heterocycles. The SMILES string of the molecule is CC(C)(C)OC(=O)N(CCCNC(=O)Cn1c(=O)cnc2ccccc21)Cc1cccnc1. The highest BCUT2D eigenvalue weighted by Gasteiger charge is 2.22. The van der Waals surface area contributed by atoms with Gasteiger partial charge >= 0.3 is 6.09 Å². The number of pyridine rings is 1. The second-order valence-corrected chi connectivity index (χ2v) is 8.64. The zero-order valence-electron chi connectivity index (χ0n) is 19.2. The number of benzene rings is 1. The summed E-state index contributed by atoms with van der Waals surface area (Å²) in [5.74, 6) is -0.287. The first-order valence-electron chi connectivity index (χ1n) is 10.8. The van der Waals surface area contributed by atoms with Crippen molar-refractivity contribution >= 4 is 23.0 Å². The van der Waals surface area contributed by atoms with Gasteiger partial charge in [0.05, 0.1) is 23.8 Å². The van der Waals surface area contributed by atoms with Crippen LogP contribution in [0.25, 0.3) is 11.0 Å². The van der Waals surface area contributed by atoms with Crippen molar-refractivity contribution < 1.29 is 14.3 Å². The summed E-state index contributed by atoms with van der Waals surface area (Å²) in [6.07, 6.45) is 4.70. The summed E-state index contributed by atoms with van der Waals surface area (Å²) in [4.78, 5) is 47.1. The Kier molecular flexibility index (Phi) is 7.76. The Labute approximate surface area is 192 Å². The predicted molar refractivity (Wildman–Crippen MR) is 125 cm³/mol. The summed E-state index contributed by atoms with van der Waals surface area (Å²) in [7, 11) is 0. The maximum Gasteiger partial charge on any atom is 0.410 e. The largest absolute Gasteiger partial charge is 0.444 e. The molecule has 2 amide bonds. The van der Waals surface area contributed by atoms with Crippen LogP contribution in [-0.2, 0) is 22.6 Å². The minimum Gasteiger partial charge on any atom is -0.444 e. The van der Waals surface area contributed by atoms with E-state index >= 15 is 0 Å². The first-order chi connectivity index (χ1) is 15.7. The number of ether oxygens (including phenoxy) is 1. The lowest BCUT2D eigenvalue weighted by atomic mass is 10.2. The molecule has 1 N–H and O–H groups in total. The van der Waals surface area contributed by atoms with Gasteiger partial charge in [-0.2, -0.15) is 0 Å². The predicted octanol–water partition coefficient (Wildman–Crippen LogP) is 2.74. The topological polar surface area (TPSA) is 106 Å². The molecule has 0 unspecified atom stereocenters. The van der Waals surface area contributed by atoms with Crippen LogP contribution in [0.1, 0.15) is 32.8 Å². The highest BCUT2D eigenvalue weighted by molar-refractivity contribution is 5.79. The molecule has 0 aliphatic heterocycles. The van der Waals surface area contributed by atoms with Gasteiger partial charge in [-0.05, 0) is 51.0 Å². The second kappa shape index (κ2) is 10.7. The number of rotatable bonds is 8. The van der Waals surface area contributed by atoms with Crippen LogP contribution in [0.5, 0.6) is 0 Å². The number of aromatic nitrogens is 3. The Bertz CT molecular complexity index is 1150. The minimum atomic E-state index is -0.612. The number of nitrogens with one attached hydrogen (secondary N) is 1. The number of hydrogen-bond acceptors (Lipinski definition) is 6. The Morgan fingerprint density at radius 1 is 1.12 bits per heavy atom. The number of para-hydroxylation sites is 2. The van der Waals surface area contributed by atoms with E-state index in [9.17, 15) is 14.4 Å². The van der Waals surface area contributed by atoms with E-state index in [-0.39, 0.29) is 18.0 Å². The lowest BCUT2D eigenvalue weighted by Gasteiger charge is -2.27. The summed E-state index contributed by atoms with van der Waals surface area (Å²) in [5, 5.41) is 2.82. The average molecular weight is 452 g/mol. The Morgan fingerprint density at radius 2 is 1.91 bits per heavy atom. The van der Waals surface area contributed by atoms with Crippen LogP contribution < -0.4 is 10.9 Å². The van der Waals surface area contributed by atoms with Crippen molar-refractivity contribution in [1.82, 2.24) is 24.8 Å². The number of carbonyl (C=O) groups is 2. The van der Waals surface area contributed by atoms with Crippen molar-refractivity contribution in [3.63, 3.8) is 0 Å². The lowest BCUT2D eigenvalue weighted by Crippen LogP contribution is -2.38. The molecule has 3 aromatic rings. The molecular formula is C24H29N5O4. The normalized spacial score (nSPS) is 11.2. The number of hydrogen-bond donors (Lipinski definition) is 1. The summed E-state index contributed by atoms with van der Waals surface area (Å²) in [6, 6.07) is 10.9. The molecule has 174 valence electrons. The van der Waals surface area contributed by atoms with Crippen LogP contribution in [0.4, 0.5) is 4.79 Å². The van der Waals surface area contributed by atoms with Gasteiger partial charge in [-0.25, -0.2) is 9.78 Å². The van der Waals surface area contributed by atoms with E-state index in [0.717, 1.165) is 5.56 Å². The summed E-state index contributed by atoms with van der Waals surface area (Å²) in [6.45, 7) is 6.45. The highest BCUT2D eigenvalue weighted by atomic mass is 16.6. The van der Waals surface area contributed by atoms with Gasteiger partial charge in [0, 0.05) is 25.5 Å². The molecule has 9 heteroatoms. The van der Waals surface area contributed by atoms with E-state index < -0.39 is 11.7 Å². The quantitative estimate of drug-likeness (QED) is 0.528. The molecule has 0 aliphatic carbocycles. The zero-order chi connectivity index (χ0) is 23.8. The highest BCUT2D eigenvalue weighted by Crippen LogP contribution is 2.13. The fourth-order valence-corrected chi connectivity index (χ4v) is 3.25. The van der Waals surface area contributed by atoms with E-state index in [4.69, 9.17) is 4.74 Å². The molecule has 3 rings (SSSR count). The monoisotopic (exact) mass is 451 g/mol. The van der Waals surface area contributed by atoms with Crippen LogP contribution >= 0.6 is 0 Å². The van der Waals surface area contributed by atoms with Gasteiger partial charge in [-0.3, -0.25) is 19.1 Å². The molecule has 33 heavy (non-hydrogen) atoms. The molecule has 9 nitrogen and oxygen atoms in total. The zero-order valence-corrected chi connectivity index (χ0v) is 19.2. The van der Waals surface area contributed by atoms with Crippen LogP contribution in [0.2, 0.25) is 0 Å². The van der Waals surface area contributed by atoms with E-state index in [1.165, 1.54) is 10.8 Å². The first-order valence-corrected chi connectivity index (χ1v) is 10.8. The Morgan fingerprint density at radius 3 is 2.64 bits per heavy atom. The smallest absolute Gasteiger partial charge is 0.410 e.